The number of aromatic nitrogens is 3. The van der Waals surface area contributed by atoms with Crippen LogP contribution in [0.5, 0.6) is 5.75 Å². The van der Waals surface area contributed by atoms with Crippen LogP contribution in [0, 0.1) is 13.8 Å². The number of nitrogens with one attached hydrogen (secondary N) is 3. The van der Waals surface area contributed by atoms with E-state index in [0.29, 0.717) is 12.3 Å². The standard InChI is InChI=1S/C29H32N6O4/c1-4-38-26-12-10-25(11-13-26)35-20(2)14-23(21(35)3)16-32-34-28(36)27(15-24-17-30-19-31-24)33-29(37)39-18-22-8-6-5-7-9-22/h5-14,16-17,19,27H,4,15,18H2,1-3H3,(H,30,31)(H,33,37)(H,34,36)/b32-16-/t27-/m0/s1. The Balaban J connectivity index is 1.41. The number of nitrogens with zero attached hydrogens (tertiary/aromatic N) is 3. The Bertz CT molecular complexity index is 1400. The minimum absolute atomic E-state index is 0.0905. The third kappa shape index (κ3) is 7.35. The van der Waals surface area contributed by atoms with Crippen molar-refractivity contribution in [2.45, 2.75) is 39.8 Å². The van der Waals surface area contributed by atoms with E-state index in [2.05, 4.69) is 30.4 Å². The number of hydrogen-bond donors (Lipinski definition) is 3. The third-order valence-corrected chi connectivity index (χ3v) is 6.05. The summed E-state index contributed by atoms with van der Waals surface area (Å²) < 4.78 is 12.9. The second kappa shape index (κ2) is 13.1. The molecule has 0 aliphatic carbocycles. The molecule has 0 aliphatic rings. The Labute approximate surface area is 227 Å². The van der Waals surface area contributed by atoms with E-state index in [9.17, 15) is 9.59 Å². The normalized spacial score (nSPS) is 11.8. The van der Waals surface area contributed by atoms with Gasteiger partial charge in [-0.1, -0.05) is 30.3 Å². The first-order valence-electron chi connectivity index (χ1n) is 12.6. The Kier molecular flexibility index (Phi) is 9.12. The number of benzene rings is 2. The molecule has 0 bridgehead atoms. The zero-order chi connectivity index (χ0) is 27.6. The topological polar surface area (TPSA) is 123 Å². The van der Waals surface area contributed by atoms with Crippen LogP contribution in [0.2, 0.25) is 0 Å². The van der Waals surface area contributed by atoms with Crippen LogP contribution in [-0.2, 0) is 22.6 Å². The highest BCUT2D eigenvalue weighted by Gasteiger charge is 2.22. The predicted octanol–water partition coefficient (Wildman–Crippen LogP) is 4.20. The second-order valence-corrected chi connectivity index (χ2v) is 8.86. The molecule has 0 spiro atoms. The Hall–Kier alpha value is -4.86. The van der Waals surface area contributed by atoms with Gasteiger partial charge < -0.3 is 24.3 Å². The van der Waals surface area contributed by atoms with E-state index in [1.807, 2.05) is 81.4 Å². The summed E-state index contributed by atoms with van der Waals surface area (Å²) in [6.07, 6.45) is 4.17. The van der Waals surface area contributed by atoms with Crippen molar-refractivity contribution in [2.75, 3.05) is 6.61 Å². The molecule has 2 amide bonds. The lowest BCUT2D eigenvalue weighted by molar-refractivity contribution is -0.123. The molecule has 1 atom stereocenters. The first kappa shape index (κ1) is 27.2. The molecule has 4 rings (SSSR count). The summed E-state index contributed by atoms with van der Waals surface area (Å²) in [5.41, 5.74) is 7.89. The Morgan fingerprint density at radius 2 is 1.90 bits per heavy atom. The molecular formula is C29H32N6O4. The Morgan fingerprint density at radius 1 is 1.13 bits per heavy atom. The largest absolute Gasteiger partial charge is 0.494 e. The molecule has 0 aliphatic heterocycles. The number of hydrazone groups is 1. The maximum absolute atomic E-state index is 13.0. The van der Waals surface area contributed by atoms with Crippen molar-refractivity contribution in [1.29, 1.82) is 0 Å². The fourth-order valence-corrected chi connectivity index (χ4v) is 4.15. The van der Waals surface area contributed by atoms with Crippen molar-refractivity contribution < 1.29 is 19.1 Å². The molecule has 2 heterocycles. The predicted molar refractivity (Wildman–Crippen MR) is 148 cm³/mol. The van der Waals surface area contributed by atoms with Gasteiger partial charge in [0.1, 0.15) is 18.4 Å². The van der Waals surface area contributed by atoms with Gasteiger partial charge in [0.25, 0.3) is 5.91 Å². The summed E-state index contributed by atoms with van der Waals surface area (Å²) in [6.45, 7) is 6.64. The van der Waals surface area contributed by atoms with E-state index in [0.717, 1.165) is 34.0 Å². The van der Waals surface area contributed by atoms with E-state index < -0.39 is 18.0 Å². The molecule has 10 heteroatoms. The van der Waals surface area contributed by atoms with E-state index >= 15 is 0 Å². The van der Waals surface area contributed by atoms with Crippen molar-refractivity contribution in [3.63, 3.8) is 0 Å². The molecule has 0 saturated heterocycles. The third-order valence-electron chi connectivity index (χ3n) is 6.05. The summed E-state index contributed by atoms with van der Waals surface area (Å²) in [7, 11) is 0. The van der Waals surface area contributed by atoms with Gasteiger partial charge in [-0.15, -0.1) is 0 Å². The van der Waals surface area contributed by atoms with E-state index in [-0.39, 0.29) is 13.0 Å². The fraction of sp³-hybridized carbons (Fsp3) is 0.241. The van der Waals surface area contributed by atoms with Gasteiger partial charge in [-0.2, -0.15) is 5.10 Å². The lowest BCUT2D eigenvalue weighted by Gasteiger charge is -2.16. The lowest BCUT2D eigenvalue weighted by Crippen LogP contribution is -2.47. The number of carbonyl (C=O) groups excluding carboxylic acids is 2. The average molecular weight is 529 g/mol. The van der Waals surface area contributed by atoms with Gasteiger partial charge in [0.15, 0.2) is 0 Å². The second-order valence-electron chi connectivity index (χ2n) is 8.86. The van der Waals surface area contributed by atoms with Crippen LogP contribution in [-0.4, -0.2) is 45.4 Å². The van der Waals surface area contributed by atoms with E-state index in [4.69, 9.17) is 9.47 Å². The highest BCUT2D eigenvalue weighted by Crippen LogP contribution is 2.22. The van der Waals surface area contributed by atoms with Gasteiger partial charge in [-0.05, 0) is 56.7 Å². The van der Waals surface area contributed by atoms with Gasteiger partial charge in [-0.3, -0.25) is 4.79 Å². The van der Waals surface area contributed by atoms with Crippen LogP contribution in [0.15, 0.2) is 78.3 Å². The lowest BCUT2D eigenvalue weighted by atomic mass is 10.1. The van der Waals surface area contributed by atoms with Crippen molar-refractivity contribution >= 4 is 18.2 Å². The molecule has 39 heavy (non-hydrogen) atoms. The number of alkyl carbamates (subject to hydrolysis) is 1. The molecule has 10 nitrogen and oxygen atoms in total. The minimum atomic E-state index is -0.929. The number of hydrogen-bond acceptors (Lipinski definition) is 6. The summed E-state index contributed by atoms with van der Waals surface area (Å²) in [5.74, 6) is 0.327. The molecule has 0 unspecified atom stereocenters. The molecule has 2 aromatic carbocycles. The summed E-state index contributed by atoms with van der Waals surface area (Å²) in [5, 5.41) is 6.79. The first-order valence-corrected chi connectivity index (χ1v) is 12.6. The number of amides is 2. The van der Waals surface area contributed by atoms with E-state index in [1.165, 1.54) is 6.33 Å². The van der Waals surface area contributed by atoms with Crippen molar-refractivity contribution in [3.05, 3.63) is 101 Å². The van der Waals surface area contributed by atoms with Gasteiger partial charge in [0, 0.05) is 41.0 Å². The highest BCUT2D eigenvalue weighted by atomic mass is 16.5. The zero-order valence-corrected chi connectivity index (χ0v) is 22.2. The molecule has 2 aromatic heterocycles. The van der Waals surface area contributed by atoms with Crippen LogP contribution >= 0.6 is 0 Å². The number of carbonyl (C=O) groups is 2. The maximum atomic E-state index is 13.0. The van der Waals surface area contributed by atoms with Gasteiger partial charge in [0.2, 0.25) is 0 Å². The van der Waals surface area contributed by atoms with Gasteiger partial charge in [0.05, 0.1) is 19.1 Å². The fourth-order valence-electron chi connectivity index (χ4n) is 4.15. The zero-order valence-electron chi connectivity index (χ0n) is 22.2. The summed E-state index contributed by atoms with van der Waals surface area (Å²) in [6, 6.07) is 18.2. The molecule has 0 radical (unpaired) electrons. The van der Waals surface area contributed by atoms with Crippen LogP contribution in [0.1, 0.15) is 35.1 Å². The first-order chi connectivity index (χ1) is 18.9. The SMILES string of the molecule is CCOc1ccc(-n2c(C)cc(/C=N\NC(=O)[C@H](Cc3cnc[nH]3)NC(=O)OCc3ccccc3)c2C)cc1. The molecule has 3 N–H and O–H groups in total. The molecule has 0 fully saturated rings. The number of aromatic amines is 1. The summed E-state index contributed by atoms with van der Waals surface area (Å²) >= 11 is 0. The number of ether oxygens (including phenoxy) is 2. The quantitative estimate of drug-likeness (QED) is 0.199. The van der Waals surface area contributed by atoms with Gasteiger partial charge >= 0.3 is 6.09 Å². The van der Waals surface area contributed by atoms with Crippen LogP contribution < -0.4 is 15.5 Å². The van der Waals surface area contributed by atoms with Crippen molar-refractivity contribution in [2.24, 2.45) is 5.10 Å². The van der Waals surface area contributed by atoms with Crippen LogP contribution in [0.4, 0.5) is 4.79 Å². The average Bonchev–Trinajstić information content (AvgIpc) is 3.55. The minimum Gasteiger partial charge on any atom is -0.494 e. The monoisotopic (exact) mass is 528 g/mol. The number of H-pyrrole nitrogens is 1. The van der Waals surface area contributed by atoms with Crippen molar-refractivity contribution in [1.82, 2.24) is 25.3 Å². The van der Waals surface area contributed by atoms with E-state index in [1.54, 1.807) is 12.4 Å². The highest BCUT2D eigenvalue weighted by molar-refractivity contribution is 5.88. The molecular weight excluding hydrogens is 496 g/mol. The number of rotatable bonds is 11. The van der Waals surface area contributed by atoms with Crippen LogP contribution in [0.25, 0.3) is 5.69 Å². The smallest absolute Gasteiger partial charge is 0.408 e. The molecule has 0 saturated carbocycles. The summed E-state index contributed by atoms with van der Waals surface area (Å²) in [4.78, 5) is 32.4. The van der Waals surface area contributed by atoms with Crippen LogP contribution in [0.3, 0.4) is 0 Å². The number of imidazole rings is 1. The maximum Gasteiger partial charge on any atom is 0.408 e. The van der Waals surface area contributed by atoms with Crippen molar-refractivity contribution in [3.8, 4) is 11.4 Å². The molecule has 4 aromatic rings. The van der Waals surface area contributed by atoms with Gasteiger partial charge in [-0.25, -0.2) is 15.2 Å². The molecule has 202 valence electrons. The number of aryl methyl sites for hydroxylation is 1. The Morgan fingerprint density at radius 3 is 2.59 bits per heavy atom.